The molecule has 1 saturated heterocycles. The molecule has 0 bridgehead atoms. The van der Waals surface area contributed by atoms with Crippen LogP contribution in [-0.4, -0.2) is 25.0 Å². The number of benzene rings is 1. The van der Waals surface area contributed by atoms with Gasteiger partial charge >= 0.3 is 0 Å². The molecule has 19 heavy (non-hydrogen) atoms. The van der Waals surface area contributed by atoms with E-state index >= 15 is 0 Å². The van der Waals surface area contributed by atoms with Crippen LogP contribution in [0.1, 0.15) is 35.7 Å². The van der Waals surface area contributed by atoms with Crippen molar-refractivity contribution >= 4 is 21.8 Å². The van der Waals surface area contributed by atoms with Gasteiger partial charge in [0.1, 0.15) is 0 Å². The van der Waals surface area contributed by atoms with Crippen LogP contribution in [0.3, 0.4) is 0 Å². The summed E-state index contributed by atoms with van der Waals surface area (Å²) in [6, 6.07) is 5.97. The van der Waals surface area contributed by atoms with Crippen LogP contribution < -0.4 is 10.6 Å². The average molecular weight is 325 g/mol. The third-order valence-corrected chi connectivity index (χ3v) is 4.33. The van der Waals surface area contributed by atoms with Crippen LogP contribution in [0.5, 0.6) is 0 Å². The van der Waals surface area contributed by atoms with Crippen molar-refractivity contribution in [2.45, 2.75) is 32.7 Å². The fourth-order valence-electron chi connectivity index (χ4n) is 2.59. The molecular weight excluding hydrogens is 304 g/mol. The Morgan fingerprint density at radius 3 is 2.95 bits per heavy atom. The summed E-state index contributed by atoms with van der Waals surface area (Å²) in [5.74, 6) is 0.566. The number of piperidine rings is 1. The summed E-state index contributed by atoms with van der Waals surface area (Å²) in [4.78, 5) is 12.3. The van der Waals surface area contributed by atoms with Crippen LogP contribution >= 0.6 is 15.9 Å². The van der Waals surface area contributed by atoms with Crippen LogP contribution in [0.4, 0.5) is 0 Å². The quantitative estimate of drug-likeness (QED) is 0.897. The number of hydrogen-bond donors (Lipinski definition) is 2. The molecule has 1 aromatic rings. The number of halogens is 1. The van der Waals surface area contributed by atoms with Gasteiger partial charge in [-0.15, -0.1) is 0 Å². The first-order chi connectivity index (χ1) is 9.08. The molecule has 0 aliphatic carbocycles. The van der Waals surface area contributed by atoms with E-state index in [1.807, 2.05) is 25.1 Å². The lowest BCUT2D eigenvalue weighted by atomic mass is 9.92. The van der Waals surface area contributed by atoms with E-state index in [2.05, 4.69) is 33.5 Å². The van der Waals surface area contributed by atoms with E-state index in [4.69, 9.17) is 0 Å². The number of carbonyl (C=O) groups excluding carboxylic acids is 1. The molecule has 1 amide bonds. The molecule has 2 unspecified atom stereocenters. The smallest absolute Gasteiger partial charge is 0.251 e. The van der Waals surface area contributed by atoms with Gasteiger partial charge in [0.2, 0.25) is 0 Å². The standard InChI is InChI=1S/C15H21BrN2O/c1-10-8-13(16)5-6-14(10)15(19)18-11(2)12-4-3-7-17-9-12/h5-6,8,11-12,17H,3-4,7,9H2,1-2H3,(H,18,19). The number of carbonyl (C=O) groups is 1. The fraction of sp³-hybridized carbons (Fsp3) is 0.533. The minimum atomic E-state index is 0.0306. The highest BCUT2D eigenvalue weighted by Gasteiger charge is 2.22. The number of aryl methyl sites for hydroxylation is 1. The number of amides is 1. The number of nitrogens with one attached hydrogen (secondary N) is 2. The van der Waals surface area contributed by atoms with Gasteiger partial charge in [0.25, 0.3) is 5.91 Å². The molecule has 2 N–H and O–H groups in total. The molecule has 0 spiro atoms. The minimum absolute atomic E-state index is 0.0306. The molecule has 1 aromatic carbocycles. The van der Waals surface area contributed by atoms with Crippen molar-refractivity contribution in [1.29, 1.82) is 0 Å². The van der Waals surface area contributed by atoms with E-state index in [1.54, 1.807) is 0 Å². The van der Waals surface area contributed by atoms with E-state index in [0.717, 1.165) is 28.7 Å². The second-order valence-corrected chi connectivity index (χ2v) is 6.24. The van der Waals surface area contributed by atoms with Crippen LogP contribution in [0, 0.1) is 12.8 Å². The summed E-state index contributed by atoms with van der Waals surface area (Å²) in [5, 5.41) is 6.52. The first-order valence-electron chi connectivity index (χ1n) is 6.85. The zero-order chi connectivity index (χ0) is 13.8. The van der Waals surface area contributed by atoms with Gasteiger partial charge in [-0.3, -0.25) is 4.79 Å². The highest BCUT2D eigenvalue weighted by atomic mass is 79.9. The maximum Gasteiger partial charge on any atom is 0.251 e. The Balaban J connectivity index is 1.99. The van der Waals surface area contributed by atoms with Crippen molar-refractivity contribution in [1.82, 2.24) is 10.6 Å². The van der Waals surface area contributed by atoms with Crippen molar-refractivity contribution in [2.75, 3.05) is 13.1 Å². The van der Waals surface area contributed by atoms with Gasteiger partial charge in [-0.05, 0) is 69.5 Å². The fourth-order valence-corrected chi connectivity index (χ4v) is 3.07. The second-order valence-electron chi connectivity index (χ2n) is 5.33. The normalized spacial score (nSPS) is 20.9. The van der Waals surface area contributed by atoms with Crippen molar-refractivity contribution in [2.24, 2.45) is 5.92 Å². The third-order valence-electron chi connectivity index (χ3n) is 3.83. The van der Waals surface area contributed by atoms with Gasteiger partial charge in [-0.25, -0.2) is 0 Å². The lowest BCUT2D eigenvalue weighted by Crippen LogP contribution is -2.44. The molecule has 2 atom stereocenters. The third kappa shape index (κ3) is 3.80. The molecule has 1 aliphatic heterocycles. The first-order valence-corrected chi connectivity index (χ1v) is 7.65. The zero-order valence-corrected chi connectivity index (χ0v) is 13.1. The molecule has 1 fully saturated rings. The molecule has 3 nitrogen and oxygen atoms in total. The molecule has 104 valence electrons. The summed E-state index contributed by atoms with van der Waals surface area (Å²) in [5.41, 5.74) is 1.76. The Morgan fingerprint density at radius 1 is 1.53 bits per heavy atom. The number of hydrogen-bond acceptors (Lipinski definition) is 2. The SMILES string of the molecule is Cc1cc(Br)ccc1C(=O)NC(C)C1CCCNC1. The Bertz CT molecular complexity index is 455. The molecule has 4 heteroatoms. The average Bonchev–Trinajstić information content (AvgIpc) is 2.39. The van der Waals surface area contributed by atoms with E-state index in [9.17, 15) is 4.79 Å². The summed E-state index contributed by atoms with van der Waals surface area (Å²) < 4.78 is 1.01. The largest absolute Gasteiger partial charge is 0.349 e. The van der Waals surface area contributed by atoms with Crippen LogP contribution in [-0.2, 0) is 0 Å². The van der Waals surface area contributed by atoms with Crippen LogP contribution in [0.25, 0.3) is 0 Å². The number of rotatable bonds is 3. The van der Waals surface area contributed by atoms with Gasteiger partial charge < -0.3 is 10.6 Å². The molecule has 1 heterocycles. The summed E-state index contributed by atoms with van der Waals surface area (Å²) in [7, 11) is 0. The lowest BCUT2D eigenvalue weighted by molar-refractivity contribution is 0.0921. The summed E-state index contributed by atoms with van der Waals surface area (Å²) in [6.45, 7) is 6.17. The zero-order valence-electron chi connectivity index (χ0n) is 11.5. The predicted molar refractivity (Wildman–Crippen MR) is 81.4 cm³/mol. The molecule has 0 saturated carbocycles. The molecule has 2 rings (SSSR count). The Morgan fingerprint density at radius 2 is 2.32 bits per heavy atom. The highest BCUT2D eigenvalue weighted by Crippen LogP contribution is 2.18. The van der Waals surface area contributed by atoms with Gasteiger partial charge in [0, 0.05) is 16.1 Å². The summed E-state index contributed by atoms with van der Waals surface area (Å²) in [6.07, 6.45) is 2.38. The van der Waals surface area contributed by atoms with Gasteiger partial charge in [0.05, 0.1) is 0 Å². The lowest BCUT2D eigenvalue weighted by Gasteiger charge is -2.29. The Kier molecular flexibility index (Phi) is 4.99. The van der Waals surface area contributed by atoms with Gasteiger partial charge in [-0.1, -0.05) is 15.9 Å². The van der Waals surface area contributed by atoms with Crippen LogP contribution in [0.2, 0.25) is 0 Å². The molecular formula is C15H21BrN2O. The maximum atomic E-state index is 12.3. The first kappa shape index (κ1) is 14.5. The summed E-state index contributed by atoms with van der Waals surface area (Å²) >= 11 is 3.42. The molecule has 0 radical (unpaired) electrons. The van der Waals surface area contributed by atoms with Crippen molar-refractivity contribution in [3.63, 3.8) is 0 Å². The van der Waals surface area contributed by atoms with Crippen molar-refractivity contribution < 1.29 is 4.79 Å². The Hall–Kier alpha value is -0.870. The van der Waals surface area contributed by atoms with E-state index in [1.165, 1.54) is 12.8 Å². The molecule has 1 aliphatic rings. The van der Waals surface area contributed by atoms with E-state index in [-0.39, 0.29) is 11.9 Å². The van der Waals surface area contributed by atoms with Crippen LogP contribution in [0.15, 0.2) is 22.7 Å². The topological polar surface area (TPSA) is 41.1 Å². The van der Waals surface area contributed by atoms with E-state index in [0.29, 0.717) is 5.92 Å². The highest BCUT2D eigenvalue weighted by molar-refractivity contribution is 9.10. The van der Waals surface area contributed by atoms with E-state index < -0.39 is 0 Å². The molecule has 0 aromatic heterocycles. The predicted octanol–water partition coefficient (Wildman–Crippen LogP) is 2.88. The Labute approximate surface area is 123 Å². The maximum absolute atomic E-state index is 12.3. The minimum Gasteiger partial charge on any atom is -0.349 e. The second kappa shape index (κ2) is 6.53. The van der Waals surface area contributed by atoms with Crippen molar-refractivity contribution in [3.05, 3.63) is 33.8 Å². The van der Waals surface area contributed by atoms with Crippen molar-refractivity contribution in [3.8, 4) is 0 Å². The van der Waals surface area contributed by atoms with Gasteiger partial charge in [-0.2, -0.15) is 0 Å². The van der Waals surface area contributed by atoms with Gasteiger partial charge in [0.15, 0.2) is 0 Å². The monoisotopic (exact) mass is 324 g/mol.